The predicted molar refractivity (Wildman–Crippen MR) is 104 cm³/mol. The molecule has 0 aliphatic rings. The molecule has 3 aromatic rings. The summed E-state index contributed by atoms with van der Waals surface area (Å²) in [5, 5.41) is 11.9. The zero-order valence-electron chi connectivity index (χ0n) is 15.7. The van der Waals surface area contributed by atoms with Gasteiger partial charge in [-0.15, -0.1) is 0 Å². The molecule has 0 spiro atoms. The van der Waals surface area contributed by atoms with Crippen LogP contribution in [0, 0.1) is 6.92 Å². The van der Waals surface area contributed by atoms with Crippen molar-refractivity contribution in [3.8, 4) is 0 Å². The zero-order valence-corrected chi connectivity index (χ0v) is 16.5. The van der Waals surface area contributed by atoms with Gasteiger partial charge in [0.15, 0.2) is 11.7 Å². The van der Waals surface area contributed by atoms with E-state index in [1.54, 1.807) is 12.1 Å². The molecule has 3 rings (SSSR count). The molecule has 0 fully saturated rings. The number of benzene rings is 1. The first-order valence-electron chi connectivity index (χ1n) is 8.57. The number of carbonyl (C=O) groups excluding carboxylic acids is 2. The average Bonchev–Trinajstić information content (AvgIpc) is 3.16. The standard InChI is InChI=1S/C19H19N3O6S/c1-12-3-5-13(6-4-12)29(26,27)22-10-8-14-15(7-9-20-17(14)22)18(24)21-16(11-23)19(25)28-2/h3-10,16,23H,11H2,1-2H3,(H,21,24)/t16-/m0/s1. The first-order chi connectivity index (χ1) is 13.8. The number of methoxy groups -OCH3 is 1. The molecule has 2 heterocycles. The molecule has 0 saturated carbocycles. The van der Waals surface area contributed by atoms with Crippen molar-refractivity contribution >= 4 is 32.9 Å². The normalized spacial score (nSPS) is 12.5. The molecule has 0 bridgehead atoms. The van der Waals surface area contributed by atoms with Crippen LogP contribution < -0.4 is 5.32 Å². The van der Waals surface area contributed by atoms with Gasteiger partial charge >= 0.3 is 5.97 Å². The number of pyridine rings is 1. The number of rotatable bonds is 6. The SMILES string of the molecule is COC(=O)[C@H](CO)NC(=O)c1ccnc2c1ccn2S(=O)(=O)c1ccc(C)cc1. The van der Waals surface area contributed by atoms with Crippen LogP contribution in [0.3, 0.4) is 0 Å². The van der Waals surface area contributed by atoms with Gasteiger partial charge in [-0.1, -0.05) is 17.7 Å². The van der Waals surface area contributed by atoms with E-state index in [0.29, 0.717) is 0 Å². The number of amides is 1. The first-order valence-corrected chi connectivity index (χ1v) is 10.0. The van der Waals surface area contributed by atoms with Gasteiger partial charge in [0.25, 0.3) is 15.9 Å². The van der Waals surface area contributed by atoms with E-state index in [-0.39, 0.29) is 21.5 Å². The molecule has 152 valence electrons. The molecule has 2 aromatic heterocycles. The van der Waals surface area contributed by atoms with Gasteiger partial charge in [-0.05, 0) is 31.2 Å². The molecule has 0 aliphatic heterocycles. The van der Waals surface area contributed by atoms with E-state index in [9.17, 15) is 23.1 Å². The van der Waals surface area contributed by atoms with Crippen LogP contribution >= 0.6 is 0 Å². The van der Waals surface area contributed by atoms with E-state index in [0.717, 1.165) is 16.6 Å². The number of aliphatic hydroxyl groups is 1. The molecular weight excluding hydrogens is 398 g/mol. The van der Waals surface area contributed by atoms with Crippen molar-refractivity contribution < 1.29 is 27.9 Å². The van der Waals surface area contributed by atoms with Crippen LogP contribution in [0.1, 0.15) is 15.9 Å². The maximum absolute atomic E-state index is 13.0. The van der Waals surface area contributed by atoms with E-state index in [1.807, 2.05) is 6.92 Å². The Morgan fingerprint density at radius 1 is 1.21 bits per heavy atom. The maximum Gasteiger partial charge on any atom is 0.330 e. The Morgan fingerprint density at radius 2 is 1.90 bits per heavy atom. The fraction of sp³-hybridized carbons (Fsp3) is 0.211. The molecule has 2 N–H and O–H groups in total. The Labute approximate surface area is 167 Å². The number of nitrogens with one attached hydrogen (secondary N) is 1. The first kappa shape index (κ1) is 20.5. The van der Waals surface area contributed by atoms with Crippen molar-refractivity contribution in [2.24, 2.45) is 0 Å². The minimum atomic E-state index is -3.92. The Morgan fingerprint density at radius 3 is 2.52 bits per heavy atom. The second-order valence-corrected chi connectivity index (χ2v) is 8.07. The number of aromatic nitrogens is 2. The molecule has 9 nitrogen and oxygen atoms in total. The lowest BCUT2D eigenvalue weighted by atomic mass is 10.1. The molecular formula is C19H19N3O6S. The molecule has 0 unspecified atom stereocenters. The fourth-order valence-corrected chi connectivity index (χ4v) is 4.09. The molecule has 0 radical (unpaired) electrons. The summed E-state index contributed by atoms with van der Waals surface area (Å²) in [5.41, 5.74) is 1.09. The van der Waals surface area contributed by atoms with E-state index >= 15 is 0 Å². The summed E-state index contributed by atoms with van der Waals surface area (Å²) >= 11 is 0. The average molecular weight is 417 g/mol. The number of ether oxygens (including phenoxy) is 1. The minimum Gasteiger partial charge on any atom is -0.467 e. The molecule has 1 atom stereocenters. The van der Waals surface area contributed by atoms with E-state index in [2.05, 4.69) is 15.0 Å². The summed E-state index contributed by atoms with van der Waals surface area (Å²) in [7, 11) is -2.78. The molecule has 1 aromatic carbocycles. The van der Waals surface area contributed by atoms with Crippen LogP contribution in [0.25, 0.3) is 11.0 Å². The molecule has 10 heteroatoms. The van der Waals surface area contributed by atoms with Crippen molar-refractivity contribution in [2.75, 3.05) is 13.7 Å². The van der Waals surface area contributed by atoms with Gasteiger partial charge in [0.05, 0.1) is 24.2 Å². The number of carbonyl (C=O) groups is 2. The highest BCUT2D eigenvalue weighted by molar-refractivity contribution is 7.90. The molecule has 29 heavy (non-hydrogen) atoms. The lowest BCUT2D eigenvalue weighted by molar-refractivity contribution is -0.143. The van der Waals surface area contributed by atoms with Crippen molar-refractivity contribution in [3.05, 3.63) is 59.9 Å². The largest absolute Gasteiger partial charge is 0.467 e. The highest BCUT2D eigenvalue weighted by Gasteiger charge is 2.25. The minimum absolute atomic E-state index is 0.0665. The van der Waals surface area contributed by atoms with Gasteiger partial charge in [-0.25, -0.2) is 22.2 Å². The summed E-state index contributed by atoms with van der Waals surface area (Å²) < 4.78 is 31.5. The van der Waals surface area contributed by atoms with Crippen LogP contribution in [0.5, 0.6) is 0 Å². The van der Waals surface area contributed by atoms with Gasteiger partial charge in [0.1, 0.15) is 0 Å². The van der Waals surface area contributed by atoms with Crippen molar-refractivity contribution in [3.63, 3.8) is 0 Å². The monoisotopic (exact) mass is 417 g/mol. The topological polar surface area (TPSA) is 128 Å². The smallest absolute Gasteiger partial charge is 0.330 e. The summed E-state index contributed by atoms with van der Waals surface area (Å²) in [5.74, 6) is -1.47. The highest BCUT2D eigenvalue weighted by Crippen LogP contribution is 2.23. The van der Waals surface area contributed by atoms with E-state index in [1.165, 1.54) is 36.7 Å². The summed E-state index contributed by atoms with van der Waals surface area (Å²) in [6.07, 6.45) is 2.61. The van der Waals surface area contributed by atoms with E-state index < -0.39 is 34.5 Å². The highest BCUT2D eigenvalue weighted by atomic mass is 32.2. The second kappa shape index (κ2) is 8.02. The predicted octanol–water partition coefficient (Wildman–Crippen LogP) is 0.845. The van der Waals surface area contributed by atoms with Gasteiger partial charge in [0, 0.05) is 17.8 Å². The molecule has 0 saturated heterocycles. The second-order valence-electron chi connectivity index (χ2n) is 6.26. The number of aryl methyl sites for hydroxylation is 1. The van der Waals surface area contributed by atoms with Crippen molar-refractivity contribution in [2.45, 2.75) is 17.9 Å². The van der Waals surface area contributed by atoms with Crippen LogP contribution in [0.4, 0.5) is 0 Å². The third-order valence-corrected chi connectivity index (χ3v) is 6.03. The number of aliphatic hydroxyl groups excluding tert-OH is 1. The third kappa shape index (κ3) is 3.84. The number of fused-ring (bicyclic) bond motifs is 1. The number of nitrogens with zero attached hydrogens (tertiary/aromatic N) is 2. The molecule has 1 amide bonds. The Kier molecular flexibility index (Phi) is 5.66. The zero-order chi connectivity index (χ0) is 21.2. The van der Waals surface area contributed by atoms with Crippen LogP contribution in [-0.4, -0.2) is 54.1 Å². The van der Waals surface area contributed by atoms with Crippen molar-refractivity contribution in [1.29, 1.82) is 0 Å². The number of hydrogen-bond donors (Lipinski definition) is 2. The number of esters is 1. The Balaban J connectivity index is 2.02. The van der Waals surface area contributed by atoms with Crippen LogP contribution in [0.15, 0.2) is 53.7 Å². The van der Waals surface area contributed by atoms with E-state index in [4.69, 9.17) is 0 Å². The quantitative estimate of drug-likeness (QED) is 0.569. The van der Waals surface area contributed by atoms with Gasteiger partial charge in [-0.2, -0.15) is 0 Å². The maximum atomic E-state index is 13.0. The summed E-state index contributed by atoms with van der Waals surface area (Å²) in [4.78, 5) is 28.4. The van der Waals surface area contributed by atoms with Gasteiger partial charge in [0.2, 0.25) is 0 Å². The summed E-state index contributed by atoms with van der Waals surface area (Å²) in [6, 6.07) is 7.97. The van der Waals surface area contributed by atoms with Crippen LogP contribution in [0.2, 0.25) is 0 Å². The lowest BCUT2D eigenvalue weighted by Crippen LogP contribution is -2.44. The molecule has 0 aliphatic carbocycles. The summed E-state index contributed by atoms with van der Waals surface area (Å²) in [6.45, 7) is 1.21. The lowest BCUT2D eigenvalue weighted by Gasteiger charge is -2.14. The van der Waals surface area contributed by atoms with Gasteiger partial charge in [-0.3, -0.25) is 4.79 Å². The Hall–Kier alpha value is -3.24. The Bertz CT molecular complexity index is 1170. The van der Waals surface area contributed by atoms with Gasteiger partial charge < -0.3 is 15.2 Å². The van der Waals surface area contributed by atoms with Crippen molar-refractivity contribution in [1.82, 2.24) is 14.3 Å². The van der Waals surface area contributed by atoms with Crippen LogP contribution in [-0.2, 0) is 19.6 Å². The fourth-order valence-electron chi connectivity index (χ4n) is 2.79. The third-order valence-electron chi connectivity index (χ3n) is 4.35. The number of hydrogen-bond acceptors (Lipinski definition) is 7.